The number of unbranched alkanes of at least 4 members (excludes halogenated alkanes) is 19. The molecule has 0 bridgehead atoms. The van der Waals surface area contributed by atoms with E-state index in [1.165, 1.54) is 77.0 Å². The Labute approximate surface area is 406 Å². The number of ether oxygens (including phenoxy) is 3. The Morgan fingerprint density at radius 2 is 1.13 bits per heavy atom. The number of aliphatic hydroxyl groups is 5. The Kier molecular flexibility index (Phi) is 40.7. The third kappa shape index (κ3) is 33.1. The summed E-state index contributed by atoms with van der Waals surface area (Å²) in [5, 5.41) is 56.5. The third-order valence-electron chi connectivity index (χ3n) is 11.9. The van der Waals surface area contributed by atoms with Crippen LogP contribution in [0, 0.1) is 0 Å². The first-order valence-corrected chi connectivity index (χ1v) is 26.4. The van der Waals surface area contributed by atoms with Gasteiger partial charge in [0.15, 0.2) is 12.4 Å². The van der Waals surface area contributed by atoms with Gasteiger partial charge in [-0.3, -0.25) is 9.59 Å². The van der Waals surface area contributed by atoms with Gasteiger partial charge in [0.2, 0.25) is 5.91 Å². The topological polar surface area (TPSA) is 175 Å². The molecule has 0 saturated carbocycles. The zero-order valence-electron chi connectivity index (χ0n) is 42.0. The molecule has 1 fully saturated rings. The Hall–Kier alpha value is -3.16. The van der Waals surface area contributed by atoms with Crippen LogP contribution in [0.2, 0.25) is 0 Å². The zero-order valence-corrected chi connectivity index (χ0v) is 42.0. The highest BCUT2D eigenvalue weighted by atomic mass is 16.7. The Morgan fingerprint density at radius 3 is 1.73 bits per heavy atom. The SMILES string of the molecule is CC/C=C/C=C/C=C/C=C\CCCCCCC(O)C(=O)NC(COC1OC(CO)C(O)C(O)C1OC(=O)CC/C=C/C/C=C\CCCCCCCC)C(O)/C=C/CCCCCCCCCCC. The van der Waals surface area contributed by atoms with Crippen molar-refractivity contribution < 1.29 is 49.3 Å². The standard InChI is InChI=1S/C56H95NO10/c1-4-7-10-13-16-19-22-24-26-28-31-34-37-40-43-49(60)55(64)57-47(48(59)42-39-36-33-30-27-21-18-15-12-9-6-3)46-65-56-54(53(63)52(62)50(45-58)66-56)67-51(61)44-41-38-35-32-29-25-23-20-17-14-11-8-5-2/h7,10,13,16,19,22,24-26,29,35,38-39,42,47-50,52-54,56,58-60,62-63H,4-6,8-9,11-12,14-15,17-18,20-21,23,27-28,30-34,36-37,40-41,43-46H2,1-3H3,(H,57,64)/b10-7+,16-13+,22-19+,26-24-,29-25-,38-35+,42-39+. The molecule has 384 valence electrons. The van der Waals surface area contributed by atoms with Crippen LogP contribution < -0.4 is 5.32 Å². The van der Waals surface area contributed by atoms with Gasteiger partial charge in [0.25, 0.3) is 0 Å². The second-order valence-electron chi connectivity index (χ2n) is 18.0. The lowest BCUT2D eigenvalue weighted by Crippen LogP contribution is -2.61. The lowest BCUT2D eigenvalue weighted by molar-refractivity contribution is -0.305. The molecule has 0 spiro atoms. The molecule has 1 aliphatic rings. The molecule has 0 aromatic rings. The molecule has 1 rings (SSSR count). The normalized spacial score (nSPS) is 20.7. The van der Waals surface area contributed by atoms with Gasteiger partial charge < -0.3 is 45.1 Å². The zero-order chi connectivity index (χ0) is 49.0. The Morgan fingerprint density at radius 1 is 0.612 bits per heavy atom. The van der Waals surface area contributed by atoms with E-state index in [1.807, 2.05) is 54.7 Å². The number of amides is 1. The van der Waals surface area contributed by atoms with Crippen molar-refractivity contribution in [3.63, 3.8) is 0 Å². The molecule has 1 heterocycles. The van der Waals surface area contributed by atoms with E-state index in [-0.39, 0.29) is 19.4 Å². The monoisotopic (exact) mass is 942 g/mol. The minimum absolute atomic E-state index is 0.0107. The highest BCUT2D eigenvalue weighted by Gasteiger charge is 2.47. The first-order valence-electron chi connectivity index (χ1n) is 26.4. The van der Waals surface area contributed by atoms with E-state index in [4.69, 9.17) is 14.2 Å². The van der Waals surface area contributed by atoms with E-state index < -0.39 is 67.4 Å². The lowest BCUT2D eigenvalue weighted by Gasteiger charge is -2.41. The molecule has 0 aliphatic carbocycles. The van der Waals surface area contributed by atoms with Crippen molar-refractivity contribution in [3.8, 4) is 0 Å². The van der Waals surface area contributed by atoms with Crippen LogP contribution in [0.4, 0.5) is 0 Å². The fourth-order valence-corrected chi connectivity index (χ4v) is 7.65. The van der Waals surface area contributed by atoms with E-state index in [1.54, 1.807) is 6.08 Å². The summed E-state index contributed by atoms with van der Waals surface area (Å²) < 4.78 is 17.4. The quantitative estimate of drug-likeness (QED) is 0.0150. The van der Waals surface area contributed by atoms with Gasteiger partial charge in [-0.15, -0.1) is 0 Å². The van der Waals surface area contributed by atoms with Gasteiger partial charge in [-0.1, -0.05) is 209 Å². The van der Waals surface area contributed by atoms with E-state index in [0.717, 1.165) is 70.6 Å². The average molecular weight is 942 g/mol. The summed E-state index contributed by atoms with van der Waals surface area (Å²) in [5.74, 6) is -1.30. The van der Waals surface area contributed by atoms with Gasteiger partial charge in [-0.2, -0.15) is 0 Å². The molecular weight excluding hydrogens is 847 g/mol. The molecule has 1 amide bonds. The van der Waals surface area contributed by atoms with Crippen LogP contribution in [0.15, 0.2) is 85.1 Å². The molecule has 0 aromatic carbocycles. The predicted molar refractivity (Wildman–Crippen MR) is 273 cm³/mol. The van der Waals surface area contributed by atoms with Gasteiger partial charge in [0.05, 0.1) is 25.4 Å². The number of esters is 1. The Balaban J connectivity index is 2.83. The van der Waals surface area contributed by atoms with Gasteiger partial charge >= 0.3 is 5.97 Å². The predicted octanol–water partition coefficient (Wildman–Crippen LogP) is 11.0. The average Bonchev–Trinajstić information content (AvgIpc) is 3.32. The van der Waals surface area contributed by atoms with Crippen LogP contribution in [0.3, 0.4) is 0 Å². The van der Waals surface area contributed by atoms with Gasteiger partial charge in [-0.25, -0.2) is 0 Å². The molecule has 11 heteroatoms. The van der Waals surface area contributed by atoms with Gasteiger partial charge in [-0.05, 0) is 64.2 Å². The molecule has 67 heavy (non-hydrogen) atoms. The summed E-state index contributed by atoms with van der Waals surface area (Å²) in [7, 11) is 0. The molecule has 0 aromatic heterocycles. The van der Waals surface area contributed by atoms with Crippen molar-refractivity contribution in [1.82, 2.24) is 5.32 Å². The maximum absolute atomic E-state index is 13.3. The minimum atomic E-state index is -1.64. The van der Waals surface area contributed by atoms with Crippen molar-refractivity contribution in [2.45, 2.75) is 243 Å². The number of carbonyl (C=O) groups is 2. The van der Waals surface area contributed by atoms with E-state index >= 15 is 0 Å². The summed E-state index contributed by atoms with van der Waals surface area (Å²) >= 11 is 0. The number of nitrogens with one attached hydrogen (secondary N) is 1. The molecule has 0 radical (unpaired) electrons. The molecule has 8 unspecified atom stereocenters. The minimum Gasteiger partial charge on any atom is -0.454 e. The number of carbonyl (C=O) groups excluding carboxylic acids is 2. The second-order valence-corrected chi connectivity index (χ2v) is 18.0. The summed E-state index contributed by atoms with van der Waals surface area (Å²) in [6.07, 6.45) is 45.1. The summed E-state index contributed by atoms with van der Waals surface area (Å²) in [6.45, 7) is 5.54. The number of rotatable bonds is 42. The molecule has 1 saturated heterocycles. The highest BCUT2D eigenvalue weighted by molar-refractivity contribution is 5.80. The summed E-state index contributed by atoms with van der Waals surface area (Å²) in [4.78, 5) is 26.3. The van der Waals surface area contributed by atoms with Crippen molar-refractivity contribution in [2.24, 2.45) is 0 Å². The van der Waals surface area contributed by atoms with Crippen LogP contribution in [0.25, 0.3) is 0 Å². The van der Waals surface area contributed by atoms with E-state index in [2.05, 4.69) is 50.4 Å². The fraction of sp³-hybridized carbons (Fsp3) is 0.714. The molecule has 11 nitrogen and oxygen atoms in total. The number of hydrogen-bond acceptors (Lipinski definition) is 10. The van der Waals surface area contributed by atoms with E-state index in [0.29, 0.717) is 12.8 Å². The largest absolute Gasteiger partial charge is 0.454 e. The van der Waals surface area contributed by atoms with Crippen molar-refractivity contribution in [3.05, 3.63) is 85.1 Å². The lowest BCUT2D eigenvalue weighted by atomic mass is 9.99. The summed E-state index contributed by atoms with van der Waals surface area (Å²) in [6, 6.07) is -1.05. The smallest absolute Gasteiger partial charge is 0.306 e. The van der Waals surface area contributed by atoms with Crippen molar-refractivity contribution >= 4 is 11.9 Å². The third-order valence-corrected chi connectivity index (χ3v) is 11.9. The number of aliphatic hydroxyl groups excluding tert-OH is 5. The van der Waals surface area contributed by atoms with Crippen LogP contribution in [0.5, 0.6) is 0 Å². The van der Waals surface area contributed by atoms with Crippen LogP contribution in [-0.2, 0) is 23.8 Å². The first kappa shape index (κ1) is 61.9. The van der Waals surface area contributed by atoms with Crippen LogP contribution >= 0.6 is 0 Å². The summed E-state index contributed by atoms with van der Waals surface area (Å²) in [5.41, 5.74) is 0. The maximum atomic E-state index is 13.3. The van der Waals surface area contributed by atoms with Crippen molar-refractivity contribution in [2.75, 3.05) is 13.2 Å². The molecule has 6 N–H and O–H groups in total. The van der Waals surface area contributed by atoms with Gasteiger partial charge in [0, 0.05) is 6.42 Å². The van der Waals surface area contributed by atoms with Crippen LogP contribution in [-0.4, -0.2) is 99.6 Å². The molecular formula is C56H95NO10. The van der Waals surface area contributed by atoms with Gasteiger partial charge in [0.1, 0.15) is 24.4 Å². The number of hydrogen-bond donors (Lipinski definition) is 6. The van der Waals surface area contributed by atoms with E-state index in [9.17, 15) is 35.1 Å². The maximum Gasteiger partial charge on any atom is 0.306 e. The molecule has 8 atom stereocenters. The Bertz CT molecular complexity index is 1410. The number of allylic oxidation sites excluding steroid dienone is 13. The second kappa shape index (κ2) is 44.1. The first-order chi connectivity index (χ1) is 32.7. The fourth-order valence-electron chi connectivity index (χ4n) is 7.65. The highest BCUT2D eigenvalue weighted by Crippen LogP contribution is 2.26. The van der Waals surface area contributed by atoms with Crippen LogP contribution in [0.1, 0.15) is 194 Å². The molecule has 1 aliphatic heterocycles. The van der Waals surface area contributed by atoms with Crippen molar-refractivity contribution in [1.29, 1.82) is 0 Å².